The van der Waals surface area contributed by atoms with Gasteiger partial charge in [0.25, 0.3) is 0 Å². The van der Waals surface area contributed by atoms with Crippen molar-refractivity contribution in [3.63, 3.8) is 0 Å². The maximum absolute atomic E-state index is 6.59. The number of benzene rings is 2. The minimum atomic E-state index is -2.48. The van der Waals surface area contributed by atoms with Crippen LogP contribution in [0.5, 0.6) is 23.0 Å². The van der Waals surface area contributed by atoms with Gasteiger partial charge in [-0.3, -0.25) is 0 Å². The highest BCUT2D eigenvalue weighted by atomic mass is 28.4. The summed E-state index contributed by atoms with van der Waals surface area (Å²) in [6.45, 7) is 7.51. The second kappa shape index (κ2) is 9.87. The normalized spacial score (nSPS) is 15.1. The first-order valence-corrected chi connectivity index (χ1v) is 12.9. The van der Waals surface area contributed by atoms with Crippen LogP contribution in [-0.4, -0.2) is 21.8 Å². The lowest BCUT2D eigenvalue weighted by molar-refractivity contribution is 0.329. The Morgan fingerprint density at radius 2 is 1.07 bits per heavy atom. The maximum atomic E-state index is 6.59. The fourth-order valence-corrected chi connectivity index (χ4v) is 6.86. The van der Waals surface area contributed by atoms with E-state index in [-0.39, 0.29) is 0 Å². The summed E-state index contributed by atoms with van der Waals surface area (Å²) in [5, 5.41) is 0. The molecular weight excluding hydrogens is 368 g/mol. The molecule has 1 fully saturated rings. The van der Waals surface area contributed by atoms with Crippen molar-refractivity contribution >= 4 is 8.56 Å². The Bertz CT molecular complexity index is 657. The second-order valence-corrected chi connectivity index (χ2v) is 10.6. The van der Waals surface area contributed by atoms with Crippen molar-refractivity contribution in [3.05, 3.63) is 48.5 Å². The molecule has 28 heavy (non-hydrogen) atoms. The molecule has 0 aromatic heterocycles. The van der Waals surface area contributed by atoms with Crippen LogP contribution in [-0.2, 0) is 0 Å². The zero-order chi connectivity index (χ0) is 19.8. The zero-order valence-corrected chi connectivity index (χ0v) is 18.3. The second-order valence-electron chi connectivity index (χ2n) is 7.36. The highest BCUT2D eigenvalue weighted by Gasteiger charge is 2.45. The molecule has 2 aromatic carbocycles. The van der Waals surface area contributed by atoms with Gasteiger partial charge in [-0.1, -0.05) is 19.3 Å². The van der Waals surface area contributed by atoms with E-state index in [0.717, 1.165) is 23.0 Å². The van der Waals surface area contributed by atoms with E-state index >= 15 is 0 Å². The lowest BCUT2D eigenvalue weighted by Crippen LogP contribution is -2.50. The van der Waals surface area contributed by atoms with Crippen molar-refractivity contribution in [3.8, 4) is 23.0 Å². The zero-order valence-electron chi connectivity index (χ0n) is 17.3. The third-order valence-electron chi connectivity index (χ3n) is 5.26. The van der Waals surface area contributed by atoms with Gasteiger partial charge >= 0.3 is 8.56 Å². The summed E-state index contributed by atoms with van der Waals surface area (Å²) in [5.74, 6) is 3.44. The first-order valence-electron chi connectivity index (χ1n) is 10.5. The van der Waals surface area contributed by atoms with Gasteiger partial charge in [-0.05, 0) is 75.2 Å². The number of hydrogen-bond donors (Lipinski definition) is 0. The van der Waals surface area contributed by atoms with Crippen molar-refractivity contribution in [1.82, 2.24) is 0 Å². The van der Waals surface area contributed by atoms with E-state index in [1.807, 2.05) is 62.4 Å². The van der Waals surface area contributed by atoms with Crippen LogP contribution in [0.15, 0.2) is 48.5 Å². The first kappa shape index (κ1) is 20.6. The average Bonchev–Trinajstić information content (AvgIpc) is 2.72. The Labute approximate surface area is 170 Å². The van der Waals surface area contributed by atoms with Gasteiger partial charge < -0.3 is 18.3 Å². The van der Waals surface area contributed by atoms with E-state index < -0.39 is 8.56 Å². The molecule has 4 nitrogen and oxygen atoms in total. The molecule has 0 radical (unpaired) electrons. The molecule has 0 N–H and O–H groups in total. The van der Waals surface area contributed by atoms with Crippen LogP contribution < -0.4 is 18.3 Å². The molecule has 0 unspecified atom stereocenters. The number of hydrogen-bond acceptors (Lipinski definition) is 4. The molecule has 0 heterocycles. The molecule has 1 saturated carbocycles. The molecule has 0 bridgehead atoms. The Kier molecular flexibility index (Phi) is 7.26. The molecule has 0 aliphatic heterocycles. The molecule has 0 amide bonds. The minimum absolute atomic E-state index is 0.486. The van der Waals surface area contributed by atoms with Crippen LogP contribution in [0, 0.1) is 0 Å². The van der Waals surface area contributed by atoms with E-state index in [0.29, 0.717) is 18.8 Å². The minimum Gasteiger partial charge on any atom is -0.512 e. The monoisotopic (exact) mass is 400 g/mol. The summed E-state index contributed by atoms with van der Waals surface area (Å²) >= 11 is 0. The third kappa shape index (κ3) is 5.44. The fourth-order valence-electron chi connectivity index (χ4n) is 3.82. The van der Waals surface area contributed by atoms with Crippen LogP contribution in [0.3, 0.4) is 0 Å². The molecule has 3 rings (SSSR count). The first-order chi connectivity index (χ1) is 13.6. The van der Waals surface area contributed by atoms with Gasteiger partial charge in [-0.25, -0.2) is 0 Å². The van der Waals surface area contributed by atoms with Crippen molar-refractivity contribution < 1.29 is 18.3 Å². The summed E-state index contributed by atoms with van der Waals surface area (Å²) in [7, 11) is -2.48. The van der Waals surface area contributed by atoms with Crippen LogP contribution in [0.25, 0.3) is 0 Å². The standard InChI is InChI=1S/C23H32O4Si/c1-4-24-19-11-15-21(16-12-19)26-28(3,23-9-7-6-8-10-23)27-22-17-13-20(14-18-22)25-5-2/h11-18,23H,4-10H2,1-3H3. The third-order valence-corrected chi connectivity index (χ3v) is 8.60. The average molecular weight is 401 g/mol. The summed E-state index contributed by atoms with van der Waals surface area (Å²) in [4.78, 5) is 0. The predicted octanol–water partition coefficient (Wildman–Crippen LogP) is 6.35. The molecule has 0 saturated heterocycles. The smallest absolute Gasteiger partial charge is 0.460 e. The van der Waals surface area contributed by atoms with Gasteiger partial charge in [0.05, 0.1) is 13.2 Å². The quantitative estimate of drug-likeness (QED) is 0.460. The van der Waals surface area contributed by atoms with Crippen molar-refractivity contribution in [1.29, 1.82) is 0 Å². The lowest BCUT2D eigenvalue weighted by atomic mass is 10.0. The SMILES string of the molecule is CCOc1ccc(O[Si](C)(Oc2ccc(OCC)cc2)C2CCCCC2)cc1. The van der Waals surface area contributed by atoms with Gasteiger partial charge in [0.1, 0.15) is 23.0 Å². The highest BCUT2D eigenvalue weighted by molar-refractivity contribution is 6.69. The summed E-state index contributed by atoms with van der Waals surface area (Å²) in [6, 6.07) is 15.8. The Balaban J connectivity index is 1.78. The summed E-state index contributed by atoms with van der Waals surface area (Å²) in [5.41, 5.74) is 0.486. The van der Waals surface area contributed by atoms with Crippen LogP contribution in [0.1, 0.15) is 46.0 Å². The molecule has 5 heteroatoms. The Hall–Kier alpha value is -2.14. The molecule has 0 atom stereocenters. The van der Waals surface area contributed by atoms with Crippen LogP contribution in [0.4, 0.5) is 0 Å². The molecular formula is C23H32O4Si. The van der Waals surface area contributed by atoms with Crippen LogP contribution >= 0.6 is 0 Å². The topological polar surface area (TPSA) is 36.9 Å². The predicted molar refractivity (Wildman–Crippen MR) is 115 cm³/mol. The van der Waals surface area contributed by atoms with Gasteiger partial charge in [0, 0.05) is 12.1 Å². The van der Waals surface area contributed by atoms with Gasteiger partial charge in [0.2, 0.25) is 0 Å². The van der Waals surface area contributed by atoms with Crippen LogP contribution in [0.2, 0.25) is 12.1 Å². The molecule has 0 spiro atoms. The van der Waals surface area contributed by atoms with E-state index in [1.54, 1.807) is 0 Å². The van der Waals surface area contributed by atoms with Gasteiger partial charge in [-0.15, -0.1) is 0 Å². The van der Waals surface area contributed by atoms with E-state index in [9.17, 15) is 0 Å². The molecule has 1 aliphatic carbocycles. The Morgan fingerprint density at radius 3 is 1.46 bits per heavy atom. The maximum Gasteiger partial charge on any atom is 0.460 e. The molecule has 152 valence electrons. The summed E-state index contributed by atoms with van der Waals surface area (Å²) < 4.78 is 24.3. The van der Waals surface area contributed by atoms with Crippen molar-refractivity contribution in [2.45, 2.75) is 58.0 Å². The lowest BCUT2D eigenvalue weighted by Gasteiger charge is -2.37. The number of rotatable bonds is 9. The Morgan fingerprint density at radius 1 is 0.679 bits per heavy atom. The van der Waals surface area contributed by atoms with Gasteiger partial charge in [0.15, 0.2) is 0 Å². The summed E-state index contributed by atoms with van der Waals surface area (Å²) in [6.07, 6.45) is 6.18. The van der Waals surface area contributed by atoms with E-state index in [2.05, 4.69) is 6.55 Å². The highest BCUT2D eigenvalue weighted by Crippen LogP contribution is 2.39. The van der Waals surface area contributed by atoms with E-state index in [1.165, 1.54) is 32.1 Å². The van der Waals surface area contributed by atoms with Gasteiger partial charge in [-0.2, -0.15) is 0 Å². The van der Waals surface area contributed by atoms with Crippen molar-refractivity contribution in [2.24, 2.45) is 0 Å². The van der Waals surface area contributed by atoms with E-state index in [4.69, 9.17) is 18.3 Å². The number of ether oxygens (including phenoxy) is 2. The largest absolute Gasteiger partial charge is 0.512 e. The molecule has 2 aromatic rings. The van der Waals surface area contributed by atoms with Crippen molar-refractivity contribution in [2.75, 3.05) is 13.2 Å². The molecule has 1 aliphatic rings. The fraction of sp³-hybridized carbons (Fsp3) is 0.478.